The van der Waals surface area contributed by atoms with Crippen LogP contribution in [-0.4, -0.2) is 35.7 Å². The molecule has 1 saturated carbocycles. The lowest BCUT2D eigenvalue weighted by Gasteiger charge is -2.38. The Morgan fingerprint density at radius 1 is 1.29 bits per heavy atom. The van der Waals surface area contributed by atoms with Gasteiger partial charge in [0.25, 0.3) is 0 Å². The summed E-state index contributed by atoms with van der Waals surface area (Å²) in [6, 6.07) is 0. The third-order valence-corrected chi connectivity index (χ3v) is 6.28. The Bertz CT molecular complexity index is 260. The minimum Gasteiger partial charge on any atom is -0.400 e. The maximum absolute atomic E-state index is 5.90. The van der Waals surface area contributed by atoms with Crippen LogP contribution >= 0.6 is 0 Å². The quantitative estimate of drug-likeness (QED) is 0.557. The zero-order valence-corrected chi connectivity index (χ0v) is 12.5. The summed E-state index contributed by atoms with van der Waals surface area (Å²) < 4.78 is 16.9. The van der Waals surface area contributed by atoms with E-state index < -0.39 is 9.28 Å². The van der Waals surface area contributed by atoms with Gasteiger partial charge in [-0.1, -0.05) is 19.3 Å². The Kier molecular flexibility index (Phi) is 6.21. The first-order valence-corrected chi connectivity index (χ1v) is 7.92. The van der Waals surface area contributed by atoms with Crippen molar-refractivity contribution < 1.29 is 13.6 Å². The molecule has 0 N–H and O–H groups in total. The molecule has 1 rings (SSSR count). The van der Waals surface area contributed by atoms with Crippen molar-refractivity contribution >= 4 is 9.28 Å². The maximum atomic E-state index is 5.90. The largest absolute Gasteiger partial charge is 0.400 e. The number of ether oxygens (including phenoxy) is 1. The van der Waals surface area contributed by atoms with Gasteiger partial charge in [-0.3, -0.25) is 0 Å². The smallest absolute Gasteiger partial charge is 0.324 e. The highest BCUT2D eigenvalue weighted by Gasteiger charge is 2.38. The molecule has 1 fully saturated rings. The molecule has 0 radical (unpaired) electrons. The predicted molar refractivity (Wildman–Crippen MR) is 71.1 cm³/mol. The molecule has 0 aliphatic heterocycles. The molecule has 0 spiro atoms. The number of hydrogen-bond donors (Lipinski definition) is 0. The Morgan fingerprint density at radius 2 is 1.94 bits per heavy atom. The van der Waals surface area contributed by atoms with Crippen LogP contribution in [0.4, 0.5) is 0 Å². The third kappa shape index (κ3) is 3.82. The van der Waals surface area contributed by atoms with E-state index in [2.05, 4.69) is 12.8 Å². The summed E-state index contributed by atoms with van der Waals surface area (Å²) in [4.78, 5) is 0. The lowest BCUT2D eigenvalue weighted by Crippen LogP contribution is -2.40. The van der Waals surface area contributed by atoms with Gasteiger partial charge in [0.1, 0.15) is 6.10 Å². The SMILES string of the molecule is C#CC(C)OC1CCCC([SiH](OC)OC)C1C. The van der Waals surface area contributed by atoms with Gasteiger partial charge < -0.3 is 13.6 Å². The lowest BCUT2D eigenvalue weighted by atomic mass is 9.87. The van der Waals surface area contributed by atoms with Crippen LogP contribution in [0.25, 0.3) is 0 Å². The van der Waals surface area contributed by atoms with Crippen LogP contribution in [0.5, 0.6) is 0 Å². The average molecular weight is 256 g/mol. The van der Waals surface area contributed by atoms with E-state index in [-0.39, 0.29) is 12.2 Å². The first-order valence-electron chi connectivity index (χ1n) is 6.31. The van der Waals surface area contributed by atoms with E-state index in [1.807, 2.05) is 6.92 Å². The van der Waals surface area contributed by atoms with Crippen molar-refractivity contribution in [1.82, 2.24) is 0 Å². The van der Waals surface area contributed by atoms with Crippen molar-refractivity contribution in [2.24, 2.45) is 5.92 Å². The lowest BCUT2D eigenvalue weighted by molar-refractivity contribution is -0.0285. The molecule has 4 unspecified atom stereocenters. The molecular weight excluding hydrogens is 232 g/mol. The second kappa shape index (κ2) is 7.17. The fourth-order valence-electron chi connectivity index (χ4n) is 2.68. The highest BCUT2D eigenvalue weighted by atomic mass is 28.3. The highest BCUT2D eigenvalue weighted by molar-refractivity contribution is 6.46. The van der Waals surface area contributed by atoms with Gasteiger partial charge in [0.15, 0.2) is 0 Å². The molecule has 1 aliphatic rings. The van der Waals surface area contributed by atoms with Gasteiger partial charge in [0, 0.05) is 19.8 Å². The summed E-state index contributed by atoms with van der Waals surface area (Å²) in [5.41, 5.74) is 0.522. The Hall–Kier alpha value is -0.343. The van der Waals surface area contributed by atoms with E-state index in [1.165, 1.54) is 12.8 Å². The molecule has 98 valence electrons. The molecule has 3 nitrogen and oxygen atoms in total. The Balaban J connectivity index is 2.61. The first kappa shape index (κ1) is 14.7. The second-order valence-corrected chi connectivity index (χ2v) is 7.31. The van der Waals surface area contributed by atoms with Crippen LogP contribution in [0, 0.1) is 18.3 Å². The number of rotatable bonds is 5. The predicted octanol–water partition coefficient (Wildman–Crippen LogP) is 2.10. The molecule has 4 heteroatoms. The van der Waals surface area contributed by atoms with Crippen molar-refractivity contribution in [3.05, 3.63) is 0 Å². The van der Waals surface area contributed by atoms with Crippen molar-refractivity contribution in [3.8, 4) is 12.3 Å². The number of hydrogen-bond acceptors (Lipinski definition) is 3. The standard InChI is InChI=1S/C13H24O3Si/c1-6-10(2)16-12-8-7-9-13(11(12)3)17(14-4)15-5/h1,10-13,17H,7-9H2,2-5H3. The minimum absolute atomic E-state index is 0.105. The van der Waals surface area contributed by atoms with Gasteiger partial charge in [0.05, 0.1) is 6.10 Å². The fraction of sp³-hybridized carbons (Fsp3) is 0.846. The summed E-state index contributed by atoms with van der Waals surface area (Å²) >= 11 is 0. The van der Waals surface area contributed by atoms with Gasteiger partial charge >= 0.3 is 9.28 Å². The van der Waals surface area contributed by atoms with E-state index in [1.54, 1.807) is 14.2 Å². The molecule has 17 heavy (non-hydrogen) atoms. The second-order valence-electron chi connectivity index (χ2n) is 4.78. The van der Waals surface area contributed by atoms with E-state index in [9.17, 15) is 0 Å². The molecular formula is C13H24O3Si. The Labute approximate surface area is 107 Å². The molecule has 0 saturated heterocycles. The molecule has 0 amide bonds. The highest BCUT2D eigenvalue weighted by Crippen LogP contribution is 2.38. The molecule has 4 atom stereocenters. The van der Waals surface area contributed by atoms with E-state index >= 15 is 0 Å². The maximum Gasteiger partial charge on any atom is 0.324 e. The van der Waals surface area contributed by atoms with Crippen LogP contribution in [0.2, 0.25) is 5.54 Å². The van der Waals surface area contributed by atoms with Crippen LogP contribution in [-0.2, 0) is 13.6 Å². The van der Waals surface area contributed by atoms with Crippen LogP contribution < -0.4 is 0 Å². The average Bonchev–Trinajstić information content (AvgIpc) is 2.35. The zero-order chi connectivity index (χ0) is 12.8. The van der Waals surface area contributed by atoms with E-state index in [0.29, 0.717) is 11.5 Å². The van der Waals surface area contributed by atoms with Crippen LogP contribution in [0.15, 0.2) is 0 Å². The van der Waals surface area contributed by atoms with Gasteiger partial charge in [-0.15, -0.1) is 6.42 Å². The van der Waals surface area contributed by atoms with E-state index in [0.717, 1.165) is 6.42 Å². The van der Waals surface area contributed by atoms with Crippen molar-refractivity contribution in [2.75, 3.05) is 14.2 Å². The molecule has 0 aromatic heterocycles. The Morgan fingerprint density at radius 3 is 2.47 bits per heavy atom. The molecule has 0 aromatic carbocycles. The zero-order valence-electron chi connectivity index (χ0n) is 11.3. The van der Waals surface area contributed by atoms with Crippen LogP contribution in [0.1, 0.15) is 33.1 Å². The third-order valence-electron chi connectivity index (χ3n) is 3.72. The minimum atomic E-state index is -1.56. The first-order chi connectivity index (χ1) is 8.13. The monoisotopic (exact) mass is 256 g/mol. The summed E-state index contributed by atoms with van der Waals surface area (Å²) in [6.07, 6.45) is 8.96. The normalized spacial score (nSPS) is 31.2. The van der Waals surface area contributed by atoms with Gasteiger partial charge in [-0.05, 0) is 25.7 Å². The molecule has 0 bridgehead atoms. The van der Waals surface area contributed by atoms with Crippen molar-refractivity contribution in [1.29, 1.82) is 0 Å². The van der Waals surface area contributed by atoms with Crippen molar-refractivity contribution in [3.63, 3.8) is 0 Å². The number of terminal acetylenes is 1. The van der Waals surface area contributed by atoms with Crippen LogP contribution in [0.3, 0.4) is 0 Å². The summed E-state index contributed by atoms with van der Waals surface area (Å²) in [5.74, 6) is 3.10. The van der Waals surface area contributed by atoms with Crippen molar-refractivity contribution in [2.45, 2.75) is 50.9 Å². The van der Waals surface area contributed by atoms with Gasteiger partial charge in [-0.2, -0.15) is 0 Å². The van der Waals surface area contributed by atoms with E-state index in [4.69, 9.17) is 20.0 Å². The van der Waals surface area contributed by atoms with Gasteiger partial charge in [-0.25, -0.2) is 0 Å². The summed E-state index contributed by atoms with van der Waals surface area (Å²) in [6.45, 7) is 4.16. The summed E-state index contributed by atoms with van der Waals surface area (Å²) in [5, 5.41) is 0. The molecule has 1 aliphatic carbocycles. The fourth-order valence-corrected chi connectivity index (χ4v) is 4.82. The topological polar surface area (TPSA) is 27.7 Å². The summed E-state index contributed by atoms with van der Waals surface area (Å²) in [7, 11) is 1.95. The van der Waals surface area contributed by atoms with Gasteiger partial charge in [0.2, 0.25) is 0 Å². The molecule has 0 aromatic rings. The molecule has 0 heterocycles.